The summed E-state index contributed by atoms with van der Waals surface area (Å²) in [6.45, 7) is 4.36. The minimum absolute atomic E-state index is 0.111. The third-order valence-electron chi connectivity index (χ3n) is 6.12. The third-order valence-corrected chi connectivity index (χ3v) is 6.12. The summed E-state index contributed by atoms with van der Waals surface area (Å²) in [6, 6.07) is 5.24. The lowest BCUT2D eigenvalue weighted by molar-refractivity contribution is -0.136. The molecule has 1 aromatic rings. The molecule has 1 aromatic carbocycles. The van der Waals surface area contributed by atoms with Crippen LogP contribution in [0.1, 0.15) is 53.6 Å². The summed E-state index contributed by atoms with van der Waals surface area (Å²) in [4.78, 5) is 38.1. The molecule has 0 aromatic heterocycles. The first-order valence-electron chi connectivity index (χ1n) is 10.3. The van der Waals surface area contributed by atoms with E-state index < -0.39 is 6.04 Å². The highest BCUT2D eigenvalue weighted by atomic mass is 16.2. The van der Waals surface area contributed by atoms with Gasteiger partial charge in [0.1, 0.15) is 6.04 Å². The number of amides is 3. The molecule has 0 saturated carbocycles. The van der Waals surface area contributed by atoms with Crippen LogP contribution in [0, 0.1) is 5.92 Å². The Morgan fingerprint density at radius 2 is 2.07 bits per heavy atom. The maximum absolute atomic E-state index is 12.8. The first-order valence-corrected chi connectivity index (χ1v) is 10.3. The fourth-order valence-electron chi connectivity index (χ4n) is 4.52. The number of carbonyl (C=O) groups excluding carboxylic acids is 3. The van der Waals surface area contributed by atoms with E-state index in [1.54, 1.807) is 4.90 Å². The van der Waals surface area contributed by atoms with Gasteiger partial charge in [-0.2, -0.15) is 0 Å². The second-order valence-corrected chi connectivity index (χ2v) is 8.02. The van der Waals surface area contributed by atoms with Gasteiger partial charge in [0.15, 0.2) is 0 Å². The normalized spacial score (nSPS) is 25.0. The van der Waals surface area contributed by atoms with Crippen LogP contribution >= 0.6 is 0 Å². The van der Waals surface area contributed by atoms with Crippen molar-refractivity contribution < 1.29 is 14.4 Å². The number of benzene rings is 1. The lowest BCUT2D eigenvalue weighted by atomic mass is 9.96. The molecule has 3 N–H and O–H groups in total. The first-order chi connectivity index (χ1) is 13.6. The van der Waals surface area contributed by atoms with E-state index in [0.29, 0.717) is 18.5 Å². The summed E-state index contributed by atoms with van der Waals surface area (Å²) in [6.07, 6.45) is 4.39. The van der Waals surface area contributed by atoms with E-state index in [2.05, 4.69) is 22.0 Å². The number of carbonyl (C=O) groups is 3. The van der Waals surface area contributed by atoms with Gasteiger partial charge in [0, 0.05) is 25.1 Å². The molecule has 7 heteroatoms. The number of nitrogens with one attached hydrogen (secondary N) is 3. The maximum atomic E-state index is 12.8. The largest absolute Gasteiger partial charge is 0.322 e. The summed E-state index contributed by atoms with van der Waals surface area (Å²) in [7, 11) is 0. The molecular weight excluding hydrogens is 356 g/mol. The van der Waals surface area contributed by atoms with Crippen LogP contribution in [0.4, 0.5) is 0 Å². The zero-order valence-electron chi connectivity index (χ0n) is 16.1. The van der Waals surface area contributed by atoms with Crippen LogP contribution in [0.2, 0.25) is 0 Å². The van der Waals surface area contributed by atoms with Crippen molar-refractivity contribution in [3.63, 3.8) is 0 Å². The Morgan fingerprint density at radius 3 is 2.86 bits per heavy atom. The van der Waals surface area contributed by atoms with Crippen LogP contribution in [0.15, 0.2) is 18.2 Å². The van der Waals surface area contributed by atoms with Crippen molar-refractivity contribution in [2.75, 3.05) is 19.6 Å². The lowest BCUT2D eigenvalue weighted by Gasteiger charge is -2.29. The minimum atomic E-state index is -0.558. The second-order valence-electron chi connectivity index (χ2n) is 8.02. The third kappa shape index (κ3) is 3.95. The number of imide groups is 1. The van der Waals surface area contributed by atoms with Gasteiger partial charge in [-0.15, -0.1) is 0 Å². The molecule has 7 nitrogen and oxygen atoms in total. The first kappa shape index (κ1) is 19.1. The number of piperidine rings is 2. The molecule has 2 atom stereocenters. The van der Waals surface area contributed by atoms with Crippen molar-refractivity contribution in [2.45, 2.75) is 51.2 Å². The van der Waals surface area contributed by atoms with E-state index in [1.807, 2.05) is 12.1 Å². The van der Waals surface area contributed by atoms with E-state index in [4.69, 9.17) is 0 Å². The van der Waals surface area contributed by atoms with Crippen LogP contribution in [0.5, 0.6) is 0 Å². The lowest BCUT2D eigenvalue weighted by Crippen LogP contribution is -2.52. The number of rotatable bonds is 6. The molecule has 28 heavy (non-hydrogen) atoms. The van der Waals surface area contributed by atoms with Gasteiger partial charge in [-0.25, -0.2) is 0 Å². The summed E-state index contributed by atoms with van der Waals surface area (Å²) in [5, 5.41) is 9.32. The molecule has 2 saturated heterocycles. The highest BCUT2D eigenvalue weighted by Crippen LogP contribution is 2.29. The van der Waals surface area contributed by atoms with Gasteiger partial charge in [-0.05, 0) is 68.4 Å². The predicted molar refractivity (Wildman–Crippen MR) is 104 cm³/mol. The van der Waals surface area contributed by atoms with E-state index in [0.717, 1.165) is 49.6 Å². The summed E-state index contributed by atoms with van der Waals surface area (Å²) < 4.78 is 0. The number of fused-ring (bicyclic) bond motifs is 1. The molecule has 0 bridgehead atoms. The minimum Gasteiger partial charge on any atom is -0.322 e. The van der Waals surface area contributed by atoms with Crippen LogP contribution in [0.3, 0.4) is 0 Å². The standard InChI is InChI=1S/C21H28N4O3/c26-19-7-6-18(20(27)24-19)25-13-17-15(4-1-5-16(17)21(25)28)12-23-10-8-14-3-2-9-22-11-14/h1,4-5,14,18,22-23H,2-3,6-13H2,(H,24,26,27). The topological polar surface area (TPSA) is 90.5 Å². The van der Waals surface area contributed by atoms with Crippen molar-refractivity contribution in [1.82, 2.24) is 20.9 Å². The Morgan fingerprint density at radius 1 is 1.18 bits per heavy atom. The van der Waals surface area contributed by atoms with E-state index in [9.17, 15) is 14.4 Å². The van der Waals surface area contributed by atoms with Crippen LogP contribution in [-0.4, -0.2) is 48.3 Å². The Kier molecular flexibility index (Phi) is 5.73. The number of nitrogens with zero attached hydrogens (tertiary/aromatic N) is 1. The van der Waals surface area contributed by atoms with E-state index in [1.165, 1.54) is 12.8 Å². The van der Waals surface area contributed by atoms with Crippen molar-refractivity contribution in [1.29, 1.82) is 0 Å². The summed E-state index contributed by atoms with van der Waals surface area (Å²) in [5.74, 6) is 0.00796. The Labute approximate surface area is 165 Å². The smallest absolute Gasteiger partial charge is 0.255 e. The highest BCUT2D eigenvalue weighted by molar-refractivity contribution is 6.05. The zero-order chi connectivity index (χ0) is 19.5. The van der Waals surface area contributed by atoms with Gasteiger partial charge in [0.25, 0.3) is 5.91 Å². The molecule has 3 heterocycles. The van der Waals surface area contributed by atoms with Gasteiger partial charge in [-0.1, -0.05) is 12.1 Å². The van der Waals surface area contributed by atoms with Crippen LogP contribution in [0.25, 0.3) is 0 Å². The van der Waals surface area contributed by atoms with Gasteiger partial charge in [0.05, 0.1) is 0 Å². The Balaban J connectivity index is 1.37. The van der Waals surface area contributed by atoms with E-state index in [-0.39, 0.29) is 24.1 Å². The average Bonchev–Trinajstić information content (AvgIpc) is 3.03. The zero-order valence-corrected chi connectivity index (χ0v) is 16.1. The van der Waals surface area contributed by atoms with Gasteiger partial charge >= 0.3 is 0 Å². The quantitative estimate of drug-likeness (QED) is 0.501. The summed E-state index contributed by atoms with van der Waals surface area (Å²) >= 11 is 0. The predicted octanol–water partition coefficient (Wildman–Crippen LogP) is 0.927. The fraction of sp³-hybridized carbons (Fsp3) is 0.571. The van der Waals surface area contributed by atoms with Gasteiger partial charge in [-0.3, -0.25) is 19.7 Å². The molecule has 4 rings (SSSR count). The van der Waals surface area contributed by atoms with Crippen LogP contribution in [-0.2, 0) is 22.7 Å². The molecule has 3 aliphatic heterocycles. The summed E-state index contributed by atoms with van der Waals surface area (Å²) in [5.41, 5.74) is 2.80. The molecule has 3 amide bonds. The van der Waals surface area contributed by atoms with Crippen molar-refractivity contribution in [3.05, 3.63) is 34.9 Å². The van der Waals surface area contributed by atoms with Gasteiger partial charge in [0.2, 0.25) is 11.8 Å². The monoisotopic (exact) mass is 384 g/mol. The average molecular weight is 384 g/mol. The molecule has 0 radical (unpaired) electrons. The maximum Gasteiger partial charge on any atom is 0.255 e. The molecule has 150 valence electrons. The fourth-order valence-corrected chi connectivity index (χ4v) is 4.52. The number of hydrogen-bond donors (Lipinski definition) is 3. The van der Waals surface area contributed by atoms with Crippen LogP contribution < -0.4 is 16.0 Å². The Bertz CT molecular complexity index is 773. The highest BCUT2D eigenvalue weighted by Gasteiger charge is 2.39. The molecule has 2 fully saturated rings. The molecule has 0 aliphatic carbocycles. The van der Waals surface area contributed by atoms with E-state index >= 15 is 0 Å². The van der Waals surface area contributed by atoms with Crippen molar-refractivity contribution in [3.8, 4) is 0 Å². The molecule has 0 spiro atoms. The molecular formula is C21H28N4O3. The molecule has 3 aliphatic rings. The van der Waals surface area contributed by atoms with Crippen molar-refractivity contribution in [2.24, 2.45) is 5.92 Å². The SMILES string of the molecule is O=C1CCC(N2Cc3c(CNCCC4CCCNC4)cccc3C2=O)C(=O)N1. The Hall–Kier alpha value is -2.25. The van der Waals surface area contributed by atoms with Crippen molar-refractivity contribution >= 4 is 17.7 Å². The molecule has 2 unspecified atom stereocenters. The number of hydrogen-bond acceptors (Lipinski definition) is 5. The van der Waals surface area contributed by atoms with Gasteiger partial charge < -0.3 is 15.5 Å². The second kappa shape index (κ2) is 8.41.